The SMILES string of the molecule is C[C@H]1NC(=O)[C@@H]2C[C@H](NCc3cc(F)ccc3F)CN2C1=O. The Hall–Kier alpha value is -2.02. The molecule has 3 rings (SSSR count). The van der Waals surface area contributed by atoms with Gasteiger partial charge in [-0.15, -0.1) is 0 Å². The summed E-state index contributed by atoms with van der Waals surface area (Å²) in [6.45, 7) is 2.21. The van der Waals surface area contributed by atoms with Gasteiger partial charge in [0.15, 0.2) is 0 Å². The molecule has 2 amide bonds. The van der Waals surface area contributed by atoms with Gasteiger partial charge in [0.25, 0.3) is 0 Å². The monoisotopic (exact) mass is 309 g/mol. The highest BCUT2D eigenvalue weighted by Gasteiger charge is 2.44. The van der Waals surface area contributed by atoms with Crippen LogP contribution in [0.25, 0.3) is 0 Å². The van der Waals surface area contributed by atoms with Gasteiger partial charge >= 0.3 is 0 Å². The lowest BCUT2D eigenvalue weighted by atomic mass is 10.1. The lowest BCUT2D eigenvalue weighted by Crippen LogP contribution is -2.60. The first kappa shape index (κ1) is 14.9. The summed E-state index contributed by atoms with van der Waals surface area (Å²) in [6.07, 6.45) is 0.473. The summed E-state index contributed by atoms with van der Waals surface area (Å²) in [5.41, 5.74) is 0.231. The van der Waals surface area contributed by atoms with E-state index < -0.39 is 23.7 Å². The van der Waals surface area contributed by atoms with Gasteiger partial charge < -0.3 is 15.5 Å². The molecule has 5 nitrogen and oxygen atoms in total. The number of carbonyl (C=O) groups excluding carboxylic acids is 2. The molecule has 2 aliphatic heterocycles. The molecule has 0 aliphatic carbocycles. The summed E-state index contributed by atoms with van der Waals surface area (Å²) in [5.74, 6) is -1.24. The van der Waals surface area contributed by atoms with Gasteiger partial charge in [-0.3, -0.25) is 9.59 Å². The summed E-state index contributed by atoms with van der Waals surface area (Å²) in [4.78, 5) is 25.5. The summed E-state index contributed by atoms with van der Waals surface area (Å²) >= 11 is 0. The Bertz CT molecular complexity index is 623. The van der Waals surface area contributed by atoms with Crippen molar-refractivity contribution in [2.45, 2.75) is 38.0 Å². The predicted octanol–water partition coefficient (Wildman–Crippen LogP) is 0.542. The van der Waals surface area contributed by atoms with E-state index in [0.29, 0.717) is 13.0 Å². The van der Waals surface area contributed by atoms with Crippen LogP contribution in [-0.2, 0) is 16.1 Å². The van der Waals surface area contributed by atoms with Crippen molar-refractivity contribution in [3.8, 4) is 0 Å². The minimum absolute atomic E-state index is 0.106. The fourth-order valence-corrected chi connectivity index (χ4v) is 3.03. The first-order valence-corrected chi connectivity index (χ1v) is 7.24. The number of benzene rings is 1. The molecule has 118 valence electrons. The van der Waals surface area contributed by atoms with Gasteiger partial charge in [-0.25, -0.2) is 8.78 Å². The number of piperazine rings is 1. The number of amides is 2. The maximum absolute atomic E-state index is 13.6. The van der Waals surface area contributed by atoms with Gasteiger partial charge in [0.05, 0.1) is 0 Å². The fourth-order valence-electron chi connectivity index (χ4n) is 3.03. The first-order valence-electron chi connectivity index (χ1n) is 7.24. The van der Waals surface area contributed by atoms with Crippen LogP contribution in [-0.4, -0.2) is 41.4 Å². The van der Waals surface area contributed by atoms with Crippen molar-refractivity contribution in [1.82, 2.24) is 15.5 Å². The highest BCUT2D eigenvalue weighted by atomic mass is 19.1. The molecule has 1 aromatic rings. The molecule has 0 aromatic heterocycles. The van der Waals surface area contributed by atoms with E-state index in [2.05, 4.69) is 10.6 Å². The average molecular weight is 309 g/mol. The molecule has 2 heterocycles. The molecule has 0 spiro atoms. The minimum Gasteiger partial charge on any atom is -0.343 e. The molecule has 1 aromatic carbocycles. The Kier molecular flexibility index (Phi) is 3.82. The molecule has 7 heteroatoms. The van der Waals surface area contributed by atoms with E-state index in [4.69, 9.17) is 0 Å². The van der Waals surface area contributed by atoms with Crippen molar-refractivity contribution in [3.63, 3.8) is 0 Å². The number of hydrogen-bond acceptors (Lipinski definition) is 3. The Morgan fingerprint density at radius 1 is 1.36 bits per heavy atom. The van der Waals surface area contributed by atoms with Crippen LogP contribution >= 0.6 is 0 Å². The van der Waals surface area contributed by atoms with E-state index in [-0.39, 0.29) is 30.0 Å². The number of carbonyl (C=O) groups is 2. The van der Waals surface area contributed by atoms with E-state index in [1.165, 1.54) is 0 Å². The zero-order valence-corrected chi connectivity index (χ0v) is 12.1. The molecular weight excluding hydrogens is 292 g/mol. The van der Waals surface area contributed by atoms with Crippen molar-refractivity contribution in [3.05, 3.63) is 35.4 Å². The Morgan fingerprint density at radius 2 is 2.14 bits per heavy atom. The highest BCUT2D eigenvalue weighted by molar-refractivity contribution is 5.97. The second-order valence-corrected chi connectivity index (χ2v) is 5.79. The van der Waals surface area contributed by atoms with E-state index in [9.17, 15) is 18.4 Å². The maximum atomic E-state index is 13.6. The summed E-state index contributed by atoms with van der Waals surface area (Å²) in [7, 11) is 0. The molecule has 0 bridgehead atoms. The molecule has 0 saturated carbocycles. The van der Waals surface area contributed by atoms with Gasteiger partial charge in [0.1, 0.15) is 23.7 Å². The molecule has 0 radical (unpaired) electrons. The van der Waals surface area contributed by atoms with Gasteiger partial charge in [-0.05, 0) is 31.5 Å². The van der Waals surface area contributed by atoms with Crippen LogP contribution in [0.5, 0.6) is 0 Å². The third kappa shape index (κ3) is 2.68. The van der Waals surface area contributed by atoms with Gasteiger partial charge in [-0.1, -0.05) is 0 Å². The van der Waals surface area contributed by atoms with Crippen molar-refractivity contribution in [1.29, 1.82) is 0 Å². The number of halogens is 2. The van der Waals surface area contributed by atoms with E-state index in [1.807, 2.05) is 0 Å². The zero-order chi connectivity index (χ0) is 15.9. The fraction of sp³-hybridized carbons (Fsp3) is 0.467. The second kappa shape index (κ2) is 5.64. The quantitative estimate of drug-likeness (QED) is 0.857. The van der Waals surface area contributed by atoms with Crippen LogP contribution in [0, 0.1) is 11.6 Å². The molecule has 2 fully saturated rings. The highest BCUT2D eigenvalue weighted by Crippen LogP contribution is 2.23. The Labute approximate surface area is 126 Å². The second-order valence-electron chi connectivity index (χ2n) is 5.79. The van der Waals surface area contributed by atoms with Gasteiger partial charge in [0, 0.05) is 24.7 Å². The maximum Gasteiger partial charge on any atom is 0.245 e. The zero-order valence-electron chi connectivity index (χ0n) is 12.1. The standard InChI is InChI=1S/C15H17F2N3O2/c1-8-15(22)20-7-11(5-13(20)14(21)19-8)18-6-9-4-10(16)2-3-12(9)17/h2-4,8,11,13,18H,5-7H2,1H3,(H,19,21)/t8-,11+,13+/m1/s1. The third-order valence-corrected chi connectivity index (χ3v) is 4.20. The Morgan fingerprint density at radius 3 is 2.91 bits per heavy atom. The molecule has 22 heavy (non-hydrogen) atoms. The van der Waals surface area contributed by atoms with Crippen molar-refractivity contribution < 1.29 is 18.4 Å². The van der Waals surface area contributed by atoms with Crippen LogP contribution in [0.2, 0.25) is 0 Å². The number of nitrogens with zero attached hydrogens (tertiary/aromatic N) is 1. The molecule has 3 atom stereocenters. The summed E-state index contributed by atoms with van der Waals surface area (Å²) < 4.78 is 26.7. The van der Waals surface area contributed by atoms with Crippen molar-refractivity contribution in [2.75, 3.05) is 6.54 Å². The summed E-state index contributed by atoms with van der Waals surface area (Å²) in [6, 6.07) is 2.20. The topological polar surface area (TPSA) is 61.4 Å². The van der Waals surface area contributed by atoms with Crippen molar-refractivity contribution in [2.24, 2.45) is 0 Å². The Balaban J connectivity index is 1.65. The van der Waals surface area contributed by atoms with Crippen molar-refractivity contribution >= 4 is 11.8 Å². The van der Waals surface area contributed by atoms with Gasteiger partial charge in [-0.2, -0.15) is 0 Å². The molecule has 2 saturated heterocycles. The van der Waals surface area contributed by atoms with E-state index in [1.54, 1.807) is 11.8 Å². The lowest BCUT2D eigenvalue weighted by molar-refractivity contribution is -0.146. The van der Waals surface area contributed by atoms with E-state index in [0.717, 1.165) is 18.2 Å². The molecule has 2 aliphatic rings. The first-order chi connectivity index (χ1) is 10.5. The molecular formula is C15H17F2N3O2. The number of fused-ring (bicyclic) bond motifs is 1. The van der Waals surface area contributed by atoms with E-state index >= 15 is 0 Å². The smallest absolute Gasteiger partial charge is 0.245 e. The largest absolute Gasteiger partial charge is 0.343 e. The van der Waals surface area contributed by atoms with Crippen LogP contribution in [0.4, 0.5) is 8.78 Å². The third-order valence-electron chi connectivity index (χ3n) is 4.20. The lowest BCUT2D eigenvalue weighted by Gasteiger charge is -2.32. The number of rotatable bonds is 3. The summed E-state index contributed by atoms with van der Waals surface area (Å²) in [5, 5.41) is 5.74. The van der Waals surface area contributed by atoms with Gasteiger partial charge in [0.2, 0.25) is 11.8 Å². The minimum atomic E-state index is -0.511. The predicted molar refractivity (Wildman–Crippen MR) is 74.7 cm³/mol. The average Bonchev–Trinajstić information content (AvgIpc) is 2.91. The van der Waals surface area contributed by atoms with Crippen LogP contribution in [0.1, 0.15) is 18.9 Å². The molecule has 0 unspecified atom stereocenters. The number of nitrogens with one attached hydrogen (secondary N) is 2. The van der Waals surface area contributed by atoms with Crippen LogP contribution in [0.3, 0.4) is 0 Å². The molecule has 2 N–H and O–H groups in total. The van der Waals surface area contributed by atoms with Crippen LogP contribution < -0.4 is 10.6 Å². The normalized spacial score (nSPS) is 27.8. The number of hydrogen-bond donors (Lipinski definition) is 2. The van der Waals surface area contributed by atoms with Crippen LogP contribution in [0.15, 0.2) is 18.2 Å².